The van der Waals surface area contributed by atoms with E-state index in [0.717, 1.165) is 37.2 Å². The smallest absolute Gasteiger partial charge is 0.242 e. The quantitative estimate of drug-likeness (QED) is 0.554. The van der Waals surface area contributed by atoms with Crippen molar-refractivity contribution in [2.75, 3.05) is 41.6 Å². The highest BCUT2D eigenvalue weighted by Crippen LogP contribution is 2.22. The average Bonchev–Trinajstić information content (AvgIpc) is 2.82. The van der Waals surface area contributed by atoms with E-state index in [9.17, 15) is 18.0 Å². The fourth-order valence-electron chi connectivity index (χ4n) is 3.80. The number of likely N-dealkylation sites (N-methyl/N-ethyl adjacent to an activating group) is 1. The lowest BCUT2D eigenvalue weighted by atomic mass is 10.1. The Morgan fingerprint density at radius 1 is 0.970 bits per heavy atom. The van der Waals surface area contributed by atoms with Gasteiger partial charge in [-0.2, -0.15) is 0 Å². The Kier molecular flexibility index (Phi) is 8.71. The van der Waals surface area contributed by atoms with Gasteiger partial charge in [0.25, 0.3) is 0 Å². The maximum Gasteiger partial charge on any atom is 0.242 e. The third-order valence-corrected chi connectivity index (χ3v) is 6.76. The number of nitrogens with zero attached hydrogens (tertiary/aromatic N) is 2. The van der Waals surface area contributed by atoms with Crippen LogP contribution in [0.5, 0.6) is 0 Å². The van der Waals surface area contributed by atoms with E-state index in [1.54, 1.807) is 17.0 Å². The van der Waals surface area contributed by atoms with E-state index in [1.807, 2.05) is 49.4 Å². The Morgan fingerprint density at radius 3 is 2.27 bits per heavy atom. The molecule has 0 aromatic heterocycles. The Bertz CT molecular complexity index is 1020. The van der Waals surface area contributed by atoms with Crippen LogP contribution in [0, 0.1) is 0 Å². The van der Waals surface area contributed by atoms with E-state index in [2.05, 4.69) is 14.9 Å². The number of carbonyl (C=O) groups is 2. The van der Waals surface area contributed by atoms with Crippen molar-refractivity contribution < 1.29 is 18.0 Å². The summed E-state index contributed by atoms with van der Waals surface area (Å²) in [5, 5.41) is 2.42. The first kappa shape index (κ1) is 24.6. The first-order chi connectivity index (χ1) is 15.9. The molecule has 0 spiro atoms. The van der Waals surface area contributed by atoms with Gasteiger partial charge in [0.15, 0.2) is 0 Å². The average molecular weight is 473 g/mol. The van der Waals surface area contributed by atoms with E-state index in [4.69, 9.17) is 0 Å². The van der Waals surface area contributed by atoms with Gasteiger partial charge in [-0.1, -0.05) is 30.3 Å². The summed E-state index contributed by atoms with van der Waals surface area (Å²) in [5.41, 5.74) is 2.45. The molecular formula is C24H32N4O4S. The highest BCUT2D eigenvalue weighted by Gasteiger charge is 2.19. The number of nitrogens with one attached hydrogen (secondary N) is 2. The van der Waals surface area contributed by atoms with Crippen LogP contribution in [0.1, 0.15) is 31.7 Å². The molecule has 0 bridgehead atoms. The van der Waals surface area contributed by atoms with Crippen molar-refractivity contribution in [1.29, 1.82) is 0 Å². The molecule has 0 atom stereocenters. The molecule has 1 fully saturated rings. The molecule has 2 aromatic rings. The van der Waals surface area contributed by atoms with Crippen molar-refractivity contribution in [2.45, 2.75) is 32.7 Å². The summed E-state index contributed by atoms with van der Waals surface area (Å²) >= 11 is 0. The Balaban J connectivity index is 1.47. The van der Waals surface area contributed by atoms with Gasteiger partial charge in [-0.3, -0.25) is 14.3 Å². The molecular weight excluding hydrogens is 440 g/mol. The van der Waals surface area contributed by atoms with Crippen LogP contribution in [0.25, 0.3) is 0 Å². The number of benzene rings is 2. The normalized spacial score (nSPS) is 13.9. The van der Waals surface area contributed by atoms with Gasteiger partial charge in [-0.05, 0) is 56.0 Å². The minimum Gasteiger partial charge on any atom is -0.372 e. The lowest BCUT2D eigenvalue weighted by Gasteiger charge is -2.28. The standard InChI is InChI=1S/C24H32N4O4S/c1-2-27(18-20-9-5-3-6-10-20)24(30)17-25-23(29)19-33(31,32)26-21-11-13-22(14-12-21)28-15-7-4-8-16-28/h3,5-6,9-14,26H,2,4,7-8,15-19H2,1H3,(H,25,29). The van der Waals surface area contributed by atoms with E-state index in [0.29, 0.717) is 18.8 Å². The molecule has 178 valence electrons. The lowest BCUT2D eigenvalue weighted by molar-refractivity contribution is -0.132. The summed E-state index contributed by atoms with van der Waals surface area (Å²) in [5.74, 6) is -1.75. The number of amides is 2. The molecule has 1 aliphatic rings. The molecule has 0 unspecified atom stereocenters. The maximum absolute atomic E-state index is 12.4. The molecule has 0 aliphatic carbocycles. The summed E-state index contributed by atoms with van der Waals surface area (Å²) in [7, 11) is -3.89. The Morgan fingerprint density at radius 2 is 1.64 bits per heavy atom. The van der Waals surface area contributed by atoms with Crippen molar-refractivity contribution >= 4 is 33.2 Å². The van der Waals surface area contributed by atoms with Gasteiger partial charge in [0.2, 0.25) is 21.8 Å². The SMILES string of the molecule is CCN(Cc1ccccc1)C(=O)CNC(=O)CS(=O)(=O)Nc1ccc(N2CCCCC2)cc1. The highest BCUT2D eigenvalue weighted by atomic mass is 32.2. The Hall–Kier alpha value is -3.07. The number of anilines is 2. The Labute approximate surface area is 196 Å². The van der Waals surface area contributed by atoms with Crippen LogP contribution < -0.4 is 14.9 Å². The van der Waals surface area contributed by atoms with Gasteiger partial charge < -0.3 is 15.1 Å². The van der Waals surface area contributed by atoms with E-state index < -0.39 is 21.7 Å². The predicted molar refractivity (Wildman–Crippen MR) is 130 cm³/mol. The molecule has 1 heterocycles. The summed E-state index contributed by atoms with van der Waals surface area (Å²) in [4.78, 5) is 28.5. The minimum absolute atomic E-state index is 0.250. The number of hydrogen-bond donors (Lipinski definition) is 2. The number of sulfonamides is 1. The van der Waals surface area contributed by atoms with E-state index in [-0.39, 0.29) is 12.5 Å². The van der Waals surface area contributed by atoms with Gasteiger partial charge in [0.1, 0.15) is 5.75 Å². The number of piperidine rings is 1. The zero-order valence-corrected chi connectivity index (χ0v) is 19.8. The number of rotatable bonds is 10. The largest absolute Gasteiger partial charge is 0.372 e. The molecule has 1 saturated heterocycles. The second-order valence-electron chi connectivity index (χ2n) is 8.13. The summed E-state index contributed by atoms with van der Waals surface area (Å²) in [6.45, 7) is 4.53. The van der Waals surface area contributed by atoms with Gasteiger partial charge in [0.05, 0.1) is 6.54 Å². The zero-order chi connectivity index (χ0) is 23.7. The third-order valence-electron chi connectivity index (χ3n) is 5.57. The highest BCUT2D eigenvalue weighted by molar-refractivity contribution is 7.93. The number of hydrogen-bond acceptors (Lipinski definition) is 5. The molecule has 1 aliphatic heterocycles. The summed E-state index contributed by atoms with van der Waals surface area (Å²) < 4.78 is 27.2. The molecule has 8 nitrogen and oxygen atoms in total. The van der Waals surface area contributed by atoms with Crippen LogP contribution in [-0.2, 0) is 26.2 Å². The number of carbonyl (C=O) groups excluding carboxylic acids is 2. The van der Waals surface area contributed by atoms with Crippen LogP contribution in [0.4, 0.5) is 11.4 Å². The molecule has 3 rings (SSSR count). The van der Waals surface area contributed by atoms with Crippen molar-refractivity contribution in [1.82, 2.24) is 10.2 Å². The fraction of sp³-hybridized carbons (Fsp3) is 0.417. The van der Waals surface area contributed by atoms with Crippen molar-refractivity contribution in [3.63, 3.8) is 0 Å². The van der Waals surface area contributed by atoms with Gasteiger partial charge in [0, 0.05) is 37.6 Å². The third kappa shape index (κ3) is 7.78. The first-order valence-corrected chi connectivity index (χ1v) is 13.0. The van der Waals surface area contributed by atoms with Crippen LogP contribution in [0.15, 0.2) is 54.6 Å². The second kappa shape index (κ2) is 11.7. The second-order valence-corrected chi connectivity index (χ2v) is 9.85. The monoisotopic (exact) mass is 472 g/mol. The molecule has 0 radical (unpaired) electrons. The molecule has 9 heteroatoms. The molecule has 2 N–H and O–H groups in total. The van der Waals surface area contributed by atoms with Crippen LogP contribution in [0.2, 0.25) is 0 Å². The molecule has 2 amide bonds. The topological polar surface area (TPSA) is 98.8 Å². The van der Waals surface area contributed by atoms with Crippen LogP contribution in [-0.4, -0.2) is 57.1 Å². The maximum atomic E-state index is 12.4. The van der Waals surface area contributed by atoms with Crippen molar-refractivity contribution in [2.24, 2.45) is 0 Å². The molecule has 33 heavy (non-hydrogen) atoms. The first-order valence-electron chi connectivity index (χ1n) is 11.3. The predicted octanol–water partition coefficient (Wildman–Crippen LogP) is 2.58. The van der Waals surface area contributed by atoms with Crippen LogP contribution >= 0.6 is 0 Å². The van der Waals surface area contributed by atoms with E-state index >= 15 is 0 Å². The lowest BCUT2D eigenvalue weighted by Crippen LogP contribution is -2.42. The minimum atomic E-state index is -3.89. The molecule has 2 aromatic carbocycles. The van der Waals surface area contributed by atoms with Crippen molar-refractivity contribution in [3.05, 3.63) is 60.2 Å². The van der Waals surface area contributed by atoms with Gasteiger partial charge in [-0.15, -0.1) is 0 Å². The van der Waals surface area contributed by atoms with Crippen LogP contribution in [0.3, 0.4) is 0 Å². The zero-order valence-electron chi connectivity index (χ0n) is 19.0. The summed E-state index contributed by atoms with van der Waals surface area (Å²) in [6, 6.07) is 16.7. The van der Waals surface area contributed by atoms with E-state index in [1.165, 1.54) is 6.42 Å². The summed E-state index contributed by atoms with van der Waals surface area (Å²) in [6.07, 6.45) is 3.56. The van der Waals surface area contributed by atoms with Crippen molar-refractivity contribution in [3.8, 4) is 0 Å². The molecule has 0 saturated carbocycles. The van der Waals surface area contributed by atoms with Gasteiger partial charge in [-0.25, -0.2) is 8.42 Å². The van der Waals surface area contributed by atoms with Gasteiger partial charge >= 0.3 is 0 Å². The fourth-order valence-corrected chi connectivity index (χ4v) is 4.81.